The second-order valence-corrected chi connectivity index (χ2v) is 4.67. The van der Waals surface area contributed by atoms with Crippen LogP contribution in [0.3, 0.4) is 0 Å². The highest BCUT2D eigenvalue weighted by molar-refractivity contribution is 5.91. The molecule has 0 fully saturated rings. The molecule has 2 aromatic heterocycles. The molecule has 22 heavy (non-hydrogen) atoms. The van der Waals surface area contributed by atoms with Gasteiger partial charge in [-0.25, -0.2) is 4.68 Å². The Hall–Kier alpha value is -3.10. The lowest BCUT2D eigenvalue weighted by Gasteiger charge is -2.05. The van der Waals surface area contributed by atoms with Gasteiger partial charge >= 0.3 is 0 Å². The fraction of sp³-hybridized carbons (Fsp3) is 0.231. The van der Waals surface area contributed by atoms with Crippen LogP contribution < -0.4 is 10.9 Å². The summed E-state index contributed by atoms with van der Waals surface area (Å²) in [7, 11) is 1.67. The van der Waals surface area contributed by atoms with Crippen molar-refractivity contribution in [3.63, 3.8) is 0 Å². The van der Waals surface area contributed by atoms with E-state index in [0.29, 0.717) is 10.9 Å². The summed E-state index contributed by atoms with van der Waals surface area (Å²) in [5, 5.41) is 18.4. The van der Waals surface area contributed by atoms with Crippen molar-refractivity contribution in [2.45, 2.75) is 6.54 Å². The third-order valence-corrected chi connectivity index (χ3v) is 3.07. The molecule has 1 amide bonds. The molecule has 0 unspecified atom stereocenters. The van der Waals surface area contributed by atoms with Gasteiger partial charge in [0, 0.05) is 13.6 Å². The third-order valence-electron chi connectivity index (χ3n) is 3.07. The van der Waals surface area contributed by atoms with E-state index in [-0.39, 0.29) is 30.2 Å². The molecule has 0 radical (unpaired) electrons. The normalized spacial score (nSPS) is 10.8. The van der Waals surface area contributed by atoms with E-state index in [0.717, 1.165) is 0 Å². The summed E-state index contributed by atoms with van der Waals surface area (Å²) < 4.78 is 2.66. The maximum Gasteiger partial charge on any atom is 0.277 e. The largest absolute Gasteiger partial charge is 0.349 e. The van der Waals surface area contributed by atoms with E-state index in [4.69, 9.17) is 0 Å². The van der Waals surface area contributed by atoms with Crippen molar-refractivity contribution in [2.75, 3.05) is 6.54 Å². The minimum atomic E-state index is -0.352. The molecule has 0 bridgehead atoms. The van der Waals surface area contributed by atoms with Crippen LogP contribution in [-0.2, 0) is 13.6 Å². The number of fused-ring (bicyclic) bond motifs is 1. The molecule has 112 valence electrons. The Bertz CT molecular complexity index is 883. The van der Waals surface area contributed by atoms with Crippen molar-refractivity contribution in [3.05, 3.63) is 46.5 Å². The lowest BCUT2D eigenvalue weighted by atomic mass is 10.2. The zero-order valence-corrected chi connectivity index (χ0v) is 11.8. The topological polar surface area (TPSA) is 108 Å². The maximum absolute atomic E-state index is 12.2. The van der Waals surface area contributed by atoms with Crippen molar-refractivity contribution < 1.29 is 4.79 Å². The number of rotatable bonds is 4. The van der Waals surface area contributed by atoms with E-state index in [1.165, 1.54) is 15.6 Å². The summed E-state index contributed by atoms with van der Waals surface area (Å²) in [5.74, 6) is -0.352. The van der Waals surface area contributed by atoms with Crippen molar-refractivity contribution in [1.29, 1.82) is 0 Å². The number of hydrogen-bond acceptors (Lipinski definition) is 6. The Morgan fingerprint density at radius 3 is 2.82 bits per heavy atom. The number of carbonyl (C=O) groups is 1. The van der Waals surface area contributed by atoms with Crippen LogP contribution in [0, 0.1) is 0 Å². The number of carbonyl (C=O) groups excluding carboxylic acids is 1. The molecule has 2 heterocycles. The summed E-state index contributed by atoms with van der Waals surface area (Å²) in [6.45, 7) is 0.463. The second kappa shape index (κ2) is 5.72. The number of nitrogens with zero attached hydrogens (tertiary/aromatic N) is 6. The van der Waals surface area contributed by atoms with Crippen molar-refractivity contribution in [2.24, 2.45) is 7.05 Å². The fourth-order valence-corrected chi connectivity index (χ4v) is 1.99. The number of hydrogen-bond donors (Lipinski definition) is 1. The smallest absolute Gasteiger partial charge is 0.277 e. The highest BCUT2D eigenvalue weighted by Crippen LogP contribution is 2.03. The average molecular weight is 299 g/mol. The maximum atomic E-state index is 12.2. The Labute approximate surface area is 124 Å². The first-order valence-corrected chi connectivity index (χ1v) is 6.62. The van der Waals surface area contributed by atoms with Gasteiger partial charge in [-0.1, -0.05) is 22.6 Å². The molecule has 3 rings (SSSR count). The van der Waals surface area contributed by atoms with Crippen LogP contribution in [0.1, 0.15) is 10.5 Å². The molecule has 1 aromatic carbocycles. The Morgan fingerprint density at radius 2 is 2.05 bits per heavy atom. The molecule has 0 spiro atoms. The molecule has 1 N–H and O–H groups in total. The number of nitrogens with one attached hydrogen (secondary N) is 1. The molecule has 0 aliphatic heterocycles. The summed E-state index contributed by atoms with van der Waals surface area (Å²) in [5.41, 5.74) is 0.533. The minimum Gasteiger partial charge on any atom is -0.349 e. The van der Waals surface area contributed by atoms with Crippen LogP contribution in [-0.4, -0.2) is 42.4 Å². The molecule has 0 saturated heterocycles. The molecule has 9 heteroatoms. The van der Waals surface area contributed by atoms with E-state index < -0.39 is 0 Å². The van der Waals surface area contributed by atoms with Gasteiger partial charge in [0.1, 0.15) is 5.52 Å². The summed E-state index contributed by atoms with van der Waals surface area (Å²) in [4.78, 5) is 24.0. The van der Waals surface area contributed by atoms with Gasteiger partial charge in [-0.05, 0) is 12.1 Å². The van der Waals surface area contributed by atoms with Crippen LogP contribution in [0.2, 0.25) is 0 Å². The molecular weight excluding hydrogens is 286 g/mol. The Balaban J connectivity index is 1.68. The monoisotopic (exact) mass is 299 g/mol. The second-order valence-electron chi connectivity index (χ2n) is 4.67. The number of aromatic nitrogens is 6. The van der Waals surface area contributed by atoms with Crippen LogP contribution >= 0.6 is 0 Å². The van der Waals surface area contributed by atoms with Crippen LogP contribution in [0.4, 0.5) is 0 Å². The molecule has 0 saturated carbocycles. The molecule has 0 aliphatic carbocycles. The van der Waals surface area contributed by atoms with Crippen molar-refractivity contribution >= 4 is 16.8 Å². The molecule has 9 nitrogen and oxygen atoms in total. The van der Waals surface area contributed by atoms with E-state index in [9.17, 15) is 9.59 Å². The van der Waals surface area contributed by atoms with Crippen molar-refractivity contribution in [1.82, 2.24) is 35.3 Å². The van der Waals surface area contributed by atoms with Crippen LogP contribution in [0.5, 0.6) is 0 Å². The SMILES string of the molecule is Cn1cc(C(=O)NCCn2nnc3ccccc3c2=O)nn1. The zero-order valence-electron chi connectivity index (χ0n) is 11.8. The zero-order chi connectivity index (χ0) is 15.5. The molecular formula is C13H13N7O2. The first-order chi connectivity index (χ1) is 10.6. The van der Waals surface area contributed by atoms with Gasteiger partial charge in [-0.15, -0.1) is 10.2 Å². The first-order valence-electron chi connectivity index (χ1n) is 6.62. The van der Waals surface area contributed by atoms with Gasteiger partial charge in [0.2, 0.25) is 0 Å². The van der Waals surface area contributed by atoms with Crippen LogP contribution in [0.25, 0.3) is 10.9 Å². The van der Waals surface area contributed by atoms with Crippen molar-refractivity contribution in [3.8, 4) is 0 Å². The predicted octanol–water partition coefficient (Wildman–Crippen LogP) is -0.650. The molecule has 0 aliphatic rings. The molecule has 0 atom stereocenters. The summed E-state index contributed by atoms with van der Waals surface area (Å²) in [6.07, 6.45) is 1.51. The quantitative estimate of drug-likeness (QED) is 0.686. The standard InChI is InChI=1S/C13H13N7O2/c1-19-8-11(16-17-19)12(21)14-6-7-20-13(22)9-4-2-3-5-10(9)15-18-20/h2-5,8H,6-7H2,1H3,(H,14,21). The number of amides is 1. The lowest BCUT2D eigenvalue weighted by molar-refractivity contribution is 0.0946. The van der Waals surface area contributed by atoms with Gasteiger partial charge in [0.05, 0.1) is 18.1 Å². The van der Waals surface area contributed by atoms with E-state index >= 15 is 0 Å². The summed E-state index contributed by atoms with van der Waals surface area (Å²) >= 11 is 0. The molecule has 3 aromatic rings. The number of benzene rings is 1. The van der Waals surface area contributed by atoms with Gasteiger partial charge in [0.15, 0.2) is 5.69 Å². The first kappa shape index (κ1) is 13.9. The highest BCUT2D eigenvalue weighted by atomic mass is 16.2. The van der Waals surface area contributed by atoms with E-state index in [1.54, 1.807) is 31.3 Å². The fourth-order valence-electron chi connectivity index (χ4n) is 1.99. The average Bonchev–Trinajstić information content (AvgIpc) is 2.96. The predicted molar refractivity (Wildman–Crippen MR) is 77.1 cm³/mol. The minimum absolute atomic E-state index is 0.222. The highest BCUT2D eigenvalue weighted by Gasteiger charge is 2.10. The Kier molecular flexibility index (Phi) is 3.60. The van der Waals surface area contributed by atoms with E-state index in [2.05, 4.69) is 25.9 Å². The van der Waals surface area contributed by atoms with Gasteiger partial charge < -0.3 is 5.32 Å². The van der Waals surface area contributed by atoms with Gasteiger partial charge in [0.25, 0.3) is 11.5 Å². The third kappa shape index (κ3) is 2.68. The Morgan fingerprint density at radius 1 is 1.23 bits per heavy atom. The van der Waals surface area contributed by atoms with E-state index in [1.807, 2.05) is 0 Å². The van der Waals surface area contributed by atoms with Gasteiger partial charge in [-0.3, -0.25) is 14.3 Å². The lowest BCUT2D eigenvalue weighted by Crippen LogP contribution is -2.32. The van der Waals surface area contributed by atoms with Gasteiger partial charge in [-0.2, -0.15) is 0 Å². The summed E-state index contributed by atoms with van der Waals surface area (Å²) in [6, 6.07) is 6.98. The van der Waals surface area contributed by atoms with Crippen LogP contribution in [0.15, 0.2) is 35.3 Å². The number of aryl methyl sites for hydroxylation is 1.